The molecule has 26 heavy (non-hydrogen) atoms. The minimum atomic E-state index is -1.19. The summed E-state index contributed by atoms with van der Waals surface area (Å²) in [5.74, 6) is 1.73. The van der Waals surface area contributed by atoms with E-state index in [1.807, 2.05) is 36.4 Å². The third kappa shape index (κ3) is 3.57. The Morgan fingerprint density at radius 2 is 1.77 bits per heavy atom. The molecule has 130 valence electrons. The molecule has 3 atom stereocenters. The Labute approximate surface area is 158 Å². The van der Waals surface area contributed by atoms with Crippen molar-refractivity contribution in [2.24, 2.45) is 5.92 Å². The van der Waals surface area contributed by atoms with E-state index in [0.29, 0.717) is 16.2 Å². The van der Waals surface area contributed by atoms with Gasteiger partial charge in [0, 0.05) is 16.5 Å². The normalized spacial score (nSPS) is 22.8. The van der Waals surface area contributed by atoms with Crippen molar-refractivity contribution in [3.63, 3.8) is 0 Å². The highest BCUT2D eigenvalue weighted by Crippen LogP contribution is 2.37. The Bertz CT molecular complexity index is 883. The predicted molar refractivity (Wildman–Crippen MR) is 103 cm³/mol. The standard InChI is InChI=1S/C22H18ClNO2/c1-2-22(24-21(26)17-11-7-4-8-12-17)14-13-18(23)15-19(22)20(25)16-9-5-3-6-10-16/h1,3-15,19-20,25H,(H,24,26). The van der Waals surface area contributed by atoms with Gasteiger partial charge >= 0.3 is 0 Å². The minimum absolute atomic E-state index is 0.315. The molecule has 0 spiro atoms. The summed E-state index contributed by atoms with van der Waals surface area (Å²) in [5, 5.41) is 14.3. The van der Waals surface area contributed by atoms with Crippen LogP contribution in [0.5, 0.6) is 0 Å². The number of aliphatic hydroxyl groups is 1. The van der Waals surface area contributed by atoms with Gasteiger partial charge in [-0.15, -0.1) is 6.42 Å². The Kier molecular flexibility index (Phi) is 5.27. The number of halogens is 1. The van der Waals surface area contributed by atoms with Gasteiger partial charge in [0.25, 0.3) is 5.91 Å². The lowest BCUT2D eigenvalue weighted by molar-refractivity contribution is 0.0808. The second kappa shape index (κ2) is 7.61. The average Bonchev–Trinajstić information content (AvgIpc) is 2.70. The first-order chi connectivity index (χ1) is 12.6. The number of carbonyl (C=O) groups excluding carboxylic acids is 1. The van der Waals surface area contributed by atoms with Gasteiger partial charge in [-0.05, 0) is 29.8 Å². The molecular weight excluding hydrogens is 346 g/mol. The predicted octanol–water partition coefficient (Wildman–Crippen LogP) is 3.83. The van der Waals surface area contributed by atoms with Crippen LogP contribution in [0.1, 0.15) is 22.0 Å². The lowest BCUT2D eigenvalue weighted by Gasteiger charge is -2.38. The molecule has 1 amide bonds. The van der Waals surface area contributed by atoms with E-state index in [9.17, 15) is 9.90 Å². The van der Waals surface area contributed by atoms with Crippen LogP contribution < -0.4 is 5.32 Å². The van der Waals surface area contributed by atoms with Crippen LogP contribution in [0.3, 0.4) is 0 Å². The molecule has 1 aliphatic carbocycles. The topological polar surface area (TPSA) is 49.3 Å². The Morgan fingerprint density at radius 3 is 2.38 bits per heavy atom. The number of nitrogens with one attached hydrogen (secondary N) is 1. The van der Waals surface area contributed by atoms with E-state index in [2.05, 4.69) is 11.2 Å². The molecule has 0 aliphatic heterocycles. The molecule has 0 radical (unpaired) electrons. The number of terminal acetylenes is 1. The van der Waals surface area contributed by atoms with Crippen molar-refractivity contribution in [3.8, 4) is 12.3 Å². The molecule has 0 saturated heterocycles. The van der Waals surface area contributed by atoms with Gasteiger partial charge in [0.15, 0.2) is 0 Å². The maximum atomic E-state index is 12.7. The number of aliphatic hydroxyl groups excluding tert-OH is 1. The van der Waals surface area contributed by atoms with Crippen molar-refractivity contribution in [1.29, 1.82) is 0 Å². The van der Waals surface area contributed by atoms with Crippen LogP contribution in [0.4, 0.5) is 0 Å². The summed E-state index contributed by atoms with van der Waals surface area (Å²) in [7, 11) is 0. The number of amides is 1. The molecular formula is C22H18ClNO2. The Balaban J connectivity index is 1.96. The zero-order chi connectivity index (χ0) is 18.6. The molecule has 2 N–H and O–H groups in total. The smallest absolute Gasteiger partial charge is 0.252 e. The van der Waals surface area contributed by atoms with Crippen LogP contribution in [0.15, 0.2) is 83.9 Å². The number of hydrogen-bond acceptors (Lipinski definition) is 2. The van der Waals surface area contributed by atoms with Crippen LogP contribution >= 0.6 is 11.6 Å². The van der Waals surface area contributed by atoms with E-state index in [1.165, 1.54) is 0 Å². The van der Waals surface area contributed by atoms with Crippen LogP contribution in [0, 0.1) is 18.3 Å². The van der Waals surface area contributed by atoms with Crippen LogP contribution in [0.2, 0.25) is 0 Å². The first-order valence-electron chi connectivity index (χ1n) is 8.20. The SMILES string of the molecule is C#CC1(NC(=O)c2ccccc2)C=CC(Cl)=CC1C(O)c1ccccc1. The zero-order valence-corrected chi connectivity index (χ0v) is 14.7. The third-order valence-electron chi connectivity index (χ3n) is 4.45. The lowest BCUT2D eigenvalue weighted by Crippen LogP contribution is -2.53. The second-order valence-corrected chi connectivity index (χ2v) is 6.54. The summed E-state index contributed by atoms with van der Waals surface area (Å²) in [6, 6.07) is 18.0. The van der Waals surface area contributed by atoms with E-state index in [1.54, 1.807) is 42.5 Å². The molecule has 0 aromatic heterocycles. The number of hydrogen-bond donors (Lipinski definition) is 2. The number of benzene rings is 2. The van der Waals surface area contributed by atoms with Crippen molar-refractivity contribution < 1.29 is 9.90 Å². The summed E-state index contributed by atoms with van der Waals surface area (Å²) in [4.78, 5) is 12.7. The third-order valence-corrected chi connectivity index (χ3v) is 4.70. The summed E-state index contributed by atoms with van der Waals surface area (Å²) < 4.78 is 0. The van der Waals surface area contributed by atoms with Crippen LogP contribution in [0.25, 0.3) is 0 Å². The molecule has 4 heteroatoms. The molecule has 2 aromatic carbocycles. The molecule has 3 rings (SSSR count). The van der Waals surface area contributed by atoms with Crippen molar-refractivity contribution in [2.45, 2.75) is 11.6 Å². The van der Waals surface area contributed by atoms with Gasteiger partial charge in [0.05, 0.1) is 6.10 Å². The van der Waals surface area contributed by atoms with Crippen LogP contribution in [-0.2, 0) is 0 Å². The van der Waals surface area contributed by atoms with E-state index in [-0.39, 0.29) is 5.91 Å². The molecule has 0 saturated carbocycles. The summed E-state index contributed by atoms with van der Waals surface area (Å²) in [6.45, 7) is 0. The Morgan fingerprint density at radius 1 is 1.15 bits per heavy atom. The quantitative estimate of drug-likeness (QED) is 0.811. The summed E-state index contributed by atoms with van der Waals surface area (Å²) in [5.41, 5.74) is -0.00755. The lowest BCUT2D eigenvalue weighted by atomic mass is 9.75. The van der Waals surface area contributed by atoms with Gasteiger partial charge in [-0.2, -0.15) is 0 Å². The van der Waals surface area contributed by atoms with E-state index < -0.39 is 17.6 Å². The average molecular weight is 364 g/mol. The van der Waals surface area contributed by atoms with Crippen molar-refractivity contribution in [1.82, 2.24) is 5.32 Å². The minimum Gasteiger partial charge on any atom is -0.388 e. The highest BCUT2D eigenvalue weighted by atomic mass is 35.5. The van der Waals surface area contributed by atoms with Crippen LogP contribution in [-0.4, -0.2) is 16.6 Å². The molecule has 1 aliphatic rings. The molecule has 0 fully saturated rings. The zero-order valence-electron chi connectivity index (χ0n) is 14.0. The largest absolute Gasteiger partial charge is 0.388 e. The molecule has 3 nitrogen and oxygen atoms in total. The number of allylic oxidation sites excluding steroid dienone is 2. The number of rotatable bonds is 4. The summed E-state index contributed by atoms with van der Waals surface area (Å²) in [6.07, 6.45) is 9.87. The van der Waals surface area contributed by atoms with Gasteiger partial charge in [0.1, 0.15) is 5.54 Å². The fraction of sp³-hybridized carbons (Fsp3) is 0.136. The summed E-state index contributed by atoms with van der Waals surface area (Å²) >= 11 is 6.16. The maximum Gasteiger partial charge on any atom is 0.252 e. The van der Waals surface area contributed by atoms with Gasteiger partial charge in [-0.1, -0.05) is 72.1 Å². The fourth-order valence-electron chi connectivity index (χ4n) is 3.03. The van der Waals surface area contributed by atoms with Gasteiger partial charge in [-0.25, -0.2) is 0 Å². The van der Waals surface area contributed by atoms with Crippen molar-refractivity contribution in [3.05, 3.63) is 95.1 Å². The number of carbonyl (C=O) groups is 1. The van der Waals surface area contributed by atoms with E-state index in [4.69, 9.17) is 18.0 Å². The second-order valence-electron chi connectivity index (χ2n) is 6.10. The van der Waals surface area contributed by atoms with Crippen molar-refractivity contribution >= 4 is 17.5 Å². The first-order valence-corrected chi connectivity index (χ1v) is 8.58. The molecule has 2 aromatic rings. The first kappa shape index (κ1) is 18.0. The van der Waals surface area contributed by atoms with E-state index in [0.717, 1.165) is 0 Å². The van der Waals surface area contributed by atoms with Crippen molar-refractivity contribution in [2.75, 3.05) is 0 Å². The monoisotopic (exact) mass is 363 g/mol. The van der Waals surface area contributed by atoms with Gasteiger partial charge in [-0.3, -0.25) is 4.79 Å². The highest BCUT2D eigenvalue weighted by molar-refractivity contribution is 6.31. The van der Waals surface area contributed by atoms with Gasteiger partial charge in [0.2, 0.25) is 0 Å². The molecule has 0 heterocycles. The molecule has 3 unspecified atom stereocenters. The maximum absolute atomic E-state index is 12.7. The molecule has 0 bridgehead atoms. The fourth-order valence-corrected chi connectivity index (χ4v) is 3.23. The van der Waals surface area contributed by atoms with Gasteiger partial charge < -0.3 is 10.4 Å². The highest BCUT2D eigenvalue weighted by Gasteiger charge is 2.42. The Hall–Kier alpha value is -2.80. The van der Waals surface area contributed by atoms with E-state index >= 15 is 0 Å².